The molecule has 0 unspecified atom stereocenters. The third-order valence-electron chi connectivity index (χ3n) is 2.39. The smallest absolute Gasteiger partial charge is 0.162 e. The molecular formula is C12H6Cl2N2S. The van der Waals surface area contributed by atoms with Crippen LogP contribution in [-0.4, -0.2) is 9.97 Å². The zero-order valence-electron chi connectivity index (χ0n) is 8.52. The molecule has 0 spiro atoms. The predicted octanol–water partition coefficient (Wildman–Crippen LogP) is 4.67. The SMILES string of the molecule is Clc1ccc2nc(-c3ccsc3)nc(Cl)c2c1. The maximum absolute atomic E-state index is 6.14. The van der Waals surface area contributed by atoms with Crippen molar-refractivity contribution in [2.75, 3.05) is 0 Å². The third-order valence-corrected chi connectivity index (χ3v) is 3.60. The second-order valence-corrected chi connectivity index (χ2v) is 5.09. The van der Waals surface area contributed by atoms with Gasteiger partial charge in [-0.25, -0.2) is 9.97 Å². The van der Waals surface area contributed by atoms with Crippen molar-refractivity contribution in [3.63, 3.8) is 0 Å². The summed E-state index contributed by atoms with van der Waals surface area (Å²) < 4.78 is 0. The summed E-state index contributed by atoms with van der Waals surface area (Å²) in [5.74, 6) is 0.645. The molecule has 5 heteroatoms. The Kier molecular flexibility index (Phi) is 2.74. The Morgan fingerprint density at radius 3 is 2.71 bits per heavy atom. The zero-order valence-corrected chi connectivity index (χ0v) is 10.9. The van der Waals surface area contributed by atoms with E-state index in [1.807, 2.05) is 22.9 Å². The molecule has 0 aliphatic carbocycles. The molecule has 0 aliphatic heterocycles. The molecule has 0 saturated carbocycles. The van der Waals surface area contributed by atoms with Gasteiger partial charge in [-0.2, -0.15) is 11.3 Å². The van der Waals surface area contributed by atoms with Gasteiger partial charge in [-0.15, -0.1) is 0 Å². The molecule has 0 saturated heterocycles. The van der Waals surface area contributed by atoms with E-state index in [9.17, 15) is 0 Å². The van der Waals surface area contributed by atoms with Crippen molar-refractivity contribution < 1.29 is 0 Å². The highest BCUT2D eigenvalue weighted by Crippen LogP contribution is 2.27. The molecule has 3 rings (SSSR count). The quantitative estimate of drug-likeness (QED) is 0.606. The van der Waals surface area contributed by atoms with E-state index in [4.69, 9.17) is 23.2 Å². The van der Waals surface area contributed by atoms with Gasteiger partial charge in [0.1, 0.15) is 5.15 Å². The number of thiophene rings is 1. The molecule has 0 atom stereocenters. The highest BCUT2D eigenvalue weighted by atomic mass is 35.5. The summed E-state index contributed by atoms with van der Waals surface area (Å²) in [4.78, 5) is 8.76. The minimum atomic E-state index is 0.429. The van der Waals surface area contributed by atoms with Crippen molar-refractivity contribution in [1.29, 1.82) is 0 Å². The van der Waals surface area contributed by atoms with Gasteiger partial charge in [0.2, 0.25) is 0 Å². The Morgan fingerprint density at radius 2 is 1.94 bits per heavy atom. The maximum atomic E-state index is 6.14. The molecular weight excluding hydrogens is 275 g/mol. The number of hydrogen-bond acceptors (Lipinski definition) is 3. The first-order valence-electron chi connectivity index (χ1n) is 4.89. The topological polar surface area (TPSA) is 25.8 Å². The summed E-state index contributed by atoms with van der Waals surface area (Å²) in [6.07, 6.45) is 0. The van der Waals surface area contributed by atoms with E-state index < -0.39 is 0 Å². The van der Waals surface area contributed by atoms with Crippen LogP contribution in [0.5, 0.6) is 0 Å². The predicted molar refractivity (Wildman–Crippen MR) is 72.9 cm³/mol. The monoisotopic (exact) mass is 280 g/mol. The van der Waals surface area contributed by atoms with Gasteiger partial charge in [-0.05, 0) is 29.6 Å². The zero-order chi connectivity index (χ0) is 11.8. The van der Waals surface area contributed by atoms with Crippen molar-refractivity contribution in [2.24, 2.45) is 0 Å². The number of rotatable bonds is 1. The average Bonchev–Trinajstić information content (AvgIpc) is 2.83. The Balaban J connectivity index is 2.28. The summed E-state index contributed by atoms with van der Waals surface area (Å²) >= 11 is 13.7. The molecule has 2 heterocycles. The van der Waals surface area contributed by atoms with Gasteiger partial charge in [-0.3, -0.25) is 0 Å². The summed E-state index contributed by atoms with van der Waals surface area (Å²) in [5, 5.41) is 5.81. The van der Waals surface area contributed by atoms with Crippen LogP contribution in [0, 0.1) is 0 Å². The fourth-order valence-corrected chi connectivity index (χ4v) is 2.62. The van der Waals surface area contributed by atoms with Gasteiger partial charge < -0.3 is 0 Å². The lowest BCUT2D eigenvalue weighted by Gasteiger charge is -2.03. The molecule has 17 heavy (non-hydrogen) atoms. The van der Waals surface area contributed by atoms with Gasteiger partial charge in [0.05, 0.1) is 5.52 Å². The molecule has 84 valence electrons. The summed E-state index contributed by atoms with van der Waals surface area (Å²) in [7, 11) is 0. The van der Waals surface area contributed by atoms with Crippen LogP contribution in [0.25, 0.3) is 22.3 Å². The van der Waals surface area contributed by atoms with Crippen LogP contribution in [-0.2, 0) is 0 Å². The Labute approximate surface area is 112 Å². The van der Waals surface area contributed by atoms with Crippen molar-refractivity contribution >= 4 is 45.4 Å². The molecule has 0 radical (unpaired) electrons. The first-order valence-corrected chi connectivity index (χ1v) is 6.59. The minimum Gasteiger partial charge on any atom is -0.228 e. The van der Waals surface area contributed by atoms with Gasteiger partial charge in [0, 0.05) is 21.4 Å². The van der Waals surface area contributed by atoms with E-state index in [0.717, 1.165) is 16.5 Å². The molecule has 0 aliphatic rings. The fraction of sp³-hybridized carbons (Fsp3) is 0. The second kappa shape index (κ2) is 4.26. The van der Waals surface area contributed by atoms with Crippen molar-refractivity contribution in [1.82, 2.24) is 9.97 Å². The van der Waals surface area contributed by atoms with E-state index in [1.54, 1.807) is 23.5 Å². The van der Waals surface area contributed by atoms with E-state index in [1.165, 1.54) is 0 Å². The Bertz CT molecular complexity index is 680. The fourth-order valence-electron chi connectivity index (χ4n) is 1.58. The first-order chi connectivity index (χ1) is 8.24. The lowest BCUT2D eigenvalue weighted by Crippen LogP contribution is -1.90. The van der Waals surface area contributed by atoms with Crippen molar-refractivity contribution in [3.05, 3.63) is 45.2 Å². The van der Waals surface area contributed by atoms with Gasteiger partial charge >= 0.3 is 0 Å². The second-order valence-electron chi connectivity index (χ2n) is 3.51. The molecule has 1 aromatic carbocycles. The van der Waals surface area contributed by atoms with Crippen molar-refractivity contribution in [2.45, 2.75) is 0 Å². The lowest BCUT2D eigenvalue weighted by molar-refractivity contribution is 1.23. The average molecular weight is 281 g/mol. The number of benzene rings is 1. The molecule has 0 amide bonds. The number of halogens is 2. The summed E-state index contributed by atoms with van der Waals surface area (Å²) in [6, 6.07) is 7.39. The van der Waals surface area contributed by atoms with E-state index >= 15 is 0 Å². The van der Waals surface area contributed by atoms with E-state index in [2.05, 4.69) is 9.97 Å². The van der Waals surface area contributed by atoms with Gasteiger partial charge in [-0.1, -0.05) is 23.2 Å². The Hall–Kier alpha value is -1.16. The van der Waals surface area contributed by atoms with Crippen LogP contribution in [0.15, 0.2) is 35.0 Å². The van der Waals surface area contributed by atoms with E-state index in [-0.39, 0.29) is 0 Å². The maximum Gasteiger partial charge on any atom is 0.162 e. The van der Waals surface area contributed by atoms with Gasteiger partial charge in [0.15, 0.2) is 5.82 Å². The molecule has 2 aromatic heterocycles. The lowest BCUT2D eigenvalue weighted by atomic mass is 10.2. The number of fused-ring (bicyclic) bond motifs is 1. The van der Waals surface area contributed by atoms with Crippen LogP contribution in [0.4, 0.5) is 0 Å². The summed E-state index contributed by atoms with van der Waals surface area (Å²) in [6.45, 7) is 0. The molecule has 0 bridgehead atoms. The number of hydrogen-bond donors (Lipinski definition) is 0. The molecule has 2 nitrogen and oxygen atoms in total. The minimum absolute atomic E-state index is 0.429. The largest absolute Gasteiger partial charge is 0.228 e. The van der Waals surface area contributed by atoms with Crippen LogP contribution >= 0.6 is 34.5 Å². The van der Waals surface area contributed by atoms with Crippen LogP contribution < -0.4 is 0 Å². The highest BCUT2D eigenvalue weighted by molar-refractivity contribution is 7.08. The number of aromatic nitrogens is 2. The van der Waals surface area contributed by atoms with E-state index in [0.29, 0.717) is 16.0 Å². The highest BCUT2D eigenvalue weighted by Gasteiger charge is 2.08. The third kappa shape index (κ3) is 2.02. The van der Waals surface area contributed by atoms with Crippen LogP contribution in [0.3, 0.4) is 0 Å². The molecule has 0 fully saturated rings. The number of nitrogens with zero attached hydrogens (tertiary/aromatic N) is 2. The molecule has 0 N–H and O–H groups in total. The first kappa shape index (κ1) is 11.0. The summed E-state index contributed by atoms with van der Waals surface area (Å²) in [5.41, 5.74) is 1.78. The van der Waals surface area contributed by atoms with Gasteiger partial charge in [0.25, 0.3) is 0 Å². The van der Waals surface area contributed by atoms with Crippen LogP contribution in [0.2, 0.25) is 10.2 Å². The standard InChI is InChI=1S/C12H6Cl2N2S/c13-8-1-2-10-9(5-8)11(14)16-12(15-10)7-3-4-17-6-7/h1-6H. The Morgan fingerprint density at radius 1 is 1.06 bits per heavy atom. The van der Waals surface area contributed by atoms with Crippen molar-refractivity contribution in [3.8, 4) is 11.4 Å². The molecule has 3 aromatic rings. The van der Waals surface area contributed by atoms with Crippen LogP contribution in [0.1, 0.15) is 0 Å². The normalized spacial score (nSPS) is 10.9.